The lowest BCUT2D eigenvalue weighted by Gasteiger charge is -2.71. The first kappa shape index (κ1) is 22.4. The molecule has 2 aliphatic carbocycles. The maximum absolute atomic E-state index is 13.6. The van der Waals surface area contributed by atoms with Gasteiger partial charge in [-0.15, -0.1) is 6.58 Å². The minimum Gasteiger partial charge on any atom is -0.457 e. The SMILES string of the molecule is C=C[C@@]1(C)CC(=O)[C@]2(O)[C@@]3(C)C(O)CCC(C)(C)[C@@H]3C(O)C(OC(C)=O)[C@@]2(C)O1. The van der Waals surface area contributed by atoms with Gasteiger partial charge in [-0.2, -0.15) is 0 Å². The molecular weight excluding hydrogens is 376 g/mol. The van der Waals surface area contributed by atoms with Crippen molar-refractivity contribution in [2.45, 2.75) is 95.9 Å². The predicted octanol–water partition coefficient (Wildman–Crippen LogP) is 1.52. The monoisotopic (exact) mass is 410 g/mol. The summed E-state index contributed by atoms with van der Waals surface area (Å²) in [5.74, 6) is -1.87. The summed E-state index contributed by atoms with van der Waals surface area (Å²) < 4.78 is 11.8. The zero-order valence-corrected chi connectivity index (χ0v) is 18.2. The maximum Gasteiger partial charge on any atom is 0.303 e. The van der Waals surface area contributed by atoms with Crippen molar-refractivity contribution in [1.29, 1.82) is 0 Å². The van der Waals surface area contributed by atoms with Crippen LogP contribution in [0.4, 0.5) is 0 Å². The number of aliphatic hydroxyl groups excluding tert-OH is 2. The van der Waals surface area contributed by atoms with Crippen molar-refractivity contribution in [3.05, 3.63) is 12.7 Å². The molecule has 0 amide bonds. The molecule has 0 bridgehead atoms. The number of carbonyl (C=O) groups is 2. The van der Waals surface area contributed by atoms with Crippen molar-refractivity contribution in [3.8, 4) is 0 Å². The van der Waals surface area contributed by atoms with Crippen LogP contribution < -0.4 is 0 Å². The lowest BCUT2D eigenvalue weighted by Crippen LogP contribution is -2.86. The predicted molar refractivity (Wildman–Crippen MR) is 105 cm³/mol. The van der Waals surface area contributed by atoms with Crippen LogP contribution in [0.15, 0.2) is 12.7 Å². The largest absolute Gasteiger partial charge is 0.457 e. The van der Waals surface area contributed by atoms with E-state index >= 15 is 0 Å². The Morgan fingerprint density at radius 1 is 1.24 bits per heavy atom. The number of fused-ring (bicyclic) bond motifs is 3. The molecule has 164 valence electrons. The van der Waals surface area contributed by atoms with Gasteiger partial charge in [0.15, 0.2) is 17.5 Å². The third-order valence-corrected chi connectivity index (χ3v) is 8.02. The number of rotatable bonds is 2. The van der Waals surface area contributed by atoms with Crippen LogP contribution in [-0.2, 0) is 19.1 Å². The zero-order chi connectivity index (χ0) is 22.2. The highest BCUT2D eigenvalue weighted by Crippen LogP contribution is 2.66. The first-order valence-corrected chi connectivity index (χ1v) is 10.2. The number of aliphatic hydroxyl groups is 3. The molecule has 0 spiro atoms. The fourth-order valence-electron chi connectivity index (χ4n) is 6.66. The molecule has 0 radical (unpaired) electrons. The summed E-state index contributed by atoms with van der Waals surface area (Å²) in [5, 5.41) is 34.7. The van der Waals surface area contributed by atoms with Crippen molar-refractivity contribution in [2.75, 3.05) is 0 Å². The highest BCUT2D eigenvalue weighted by Gasteiger charge is 2.81. The van der Waals surface area contributed by atoms with Gasteiger partial charge in [0, 0.05) is 24.7 Å². The molecule has 0 aromatic heterocycles. The van der Waals surface area contributed by atoms with E-state index < -0.39 is 63.6 Å². The summed E-state index contributed by atoms with van der Waals surface area (Å²) in [6, 6.07) is 0. The quantitative estimate of drug-likeness (QED) is 0.467. The number of hydrogen-bond donors (Lipinski definition) is 3. The van der Waals surface area contributed by atoms with Crippen LogP contribution in [0.5, 0.6) is 0 Å². The van der Waals surface area contributed by atoms with Gasteiger partial charge in [0.25, 0.3) is 0 Å². The van der Waals surface area contributed by atoms with Gasteiger partial charge in [-0.1, -0.05) is 26.8 Å². The van der Waals surface area contributed by atoms with E-state index in [4.69, 9.17) is 9.47 Å². The minimum absolute atomic E-state index is 0.138. The van der Waals surface area contributed by atoms with Crippen molar-refractivity contribution in [2.24, 2.45) is 16.7 Å². The summed E-state index contributed by atoms with van der Waals surface area (Å²) >= 11 is 0. The van der Waals surface area contributed by atoms with Crippen molar-refractivity contribution in [3.63, 3.8) is 0 Å². The molecule has 7 heteroatoms. The average Bonchev–Trinajstić information content (AvgIpc) is 2.59. The standard InChI is InChI=1S/C22H34O7/c1-8-19(5)11-14(25)22(27)20(6)13(24)9-10-18(3,4)16(20)15(26)17(28-12(2)23)21(22,7)29-19/h8,13,15-17,24,26-27H,1,9-11H2,2-7H3/t13?,15?,16-,17?,19-,20-,21+,22-/m0/s1. The van der Waals surface area contributed by atoms with Crippen molar-refractivity contribution >= 4 is 11.8 Å². The van der Waals surface area contributed by atoms with Gasteiger partial charge in [0.05, 0.1) is 17.8 Å². The maximum atomic E-state index is 13.6. The Kier molecular flexibility index (Phi) is 4.91. The van der Waals surface area contributed by atoms with Gasteiger partial charge < -0.3 is 24.8 Å². The third-order valence-electron chi connectivity index (χ3n) is 8.02. The molecule has 3 rings (SSSR count). The van der Waals surface area contributed by atoms with Gasteiger partial charge in [0.1, 0.15) is 5.60 Å². The van der Waals surface area contributed by atoms with E-state index in [9.17, 15) is 24.9 Å². The van der Waals surface area contributed by atoms with E-state index in [1.165, 1.54) is 19.9 Å². The van der Waals surface area contributed by atoms with Crippen molar-refractivity contribution in [1.82, 2.24) is 0 Å². The van der Waals surface area contributed by atoms with Crippen LogP contribution in [0.1, 0.15) is 60.8 Å². The highest BCUT2D eigenvalue weighted by molar-refractivity contribution is 5.92. The molecule has 0 aromatic carbocycles. The molecule has 3 N–H and O–H groups in total. The highest BCUT2D eigenvalue weighted by atomic mass is 16.6. The van der Waals surface area contributed by atoms with E-state index in [2.05, 4.69) is 6.58 Å². The van der Waals surface area contributed by atoms with Gasteiger partial charge in [-0.3, -0.25) is 9.59 Å². The first-order chi connectivity index (χ1) is 13.1. The number of ketones is 1. The van der Waals surface area contributed by atoms with Crippen LogP contribution in [0.2, 0.25) is 0 Å². The lowest BCUT2D eigenvalue weighted by atomic mass is 9.40. The van der Waals surface area contributed by atoms with E-state index in [-0.39, 0.29) is 6.42 Å². The number of carbonyl (C=O) groups excluding carboxylic acids is 2. The molecular formula is C22H34O7. The molecule has 1 heterocycles. The number of hydrogen-bond acceptors (Lipinski definition) is 7. The summed E-state index contributed by atoms with van der Waals surface area (Å²) in [4.78, 5) is 25.5. The lowest BCUT2D eigenvalue weighted by molar-refractivity contribution is -0.370. The van der Waals surface area contributed by atoms with Gasteiger partial charge >= 0.3 is 5.97 Å². The second kappa shape index (κ2) is 6.36. The molecule has 3 aliphatic rings. The van der Waals surface area contributed by atoms with E-state index in [1.807, 2.05) is 13.8 Å². The molecule has 0 aromatic rings. The summed E-state index contributed by atoms with van der Waals surface area (Å²) in [6.07, 6.45) is -1.29. The average molecular weight is 411 g/mol. The third kappa shape index (κ3) is 2.63. The Balaban J connectivity index is 2.33. The normalized spacial score (nSPS) is 51.6. The Morgan fingerprint density at radius 3 is 2.34 bits per heavy atom. The van der Waals surface area contributed by atoms with E-state index in [0.29, 0.717) is 12.8 Å². The molecule has 1 saturated heterocycles. The summed E-state index contributed by atoms with van der Waals surface area (Å²) in [7, 11) is 0. The molecule has 29 heavy (non-hydrogen) atoms. The second-order valence-electron chi connectivity index (χ2n) is 10.4. The summed E-state index contributed by atoms with van der Waals surface area (Å²) in [6.45, 7) is 13.6. The topological polar surface area (TPSA) is 113 Å². The summed E-state index contributed by atoms with van der Waals surface area (Å²) in [5.41, 5.74) is -7.00. The Bertz CT molecular complexity index is 747. The number of Topliss-reactive ketones (excluding diaryl/α,β-unsaturated/α-hetero) is 1. The Labute approximate surface area is 172 Å². The van der Waals surface area contributed by atoms with Crippen molar-refractivity contribution < 1.29 is 34.4 Å². The minimum atomic E-state index is -2.18. The molecule has 3 fully saturated rings. The first-order valence-electron chi connectivity index (χ1n) is 10.2. The fraction of sp³-hybridized carbons (Fsp3) is 0.818. The molecule has 7 nitrogen and oxygen atoms in total. The number of esters is 1. The van der Waals surface area contributed by atoms with Crippen LogP contribution in [-0.4, -0.2) is 62.2 Å². The molecule has 2 saturated carbocycles. The van der Waals surface area contributed by atoms with Crippen LogP contribution in [0, 0.1) is 16.7 Å². The van der Waals surface area contributed by atoms with Gasteiger partial charge in [0.2, 0.25) is 0 Å². The van der Waals surface area contributed by atoms with Crippen LogP contribution in [0.3, 0.4) is 0 Å². The zero-order valence-electron chi connectivity index (χ0n) is 18.2. The van der Waals surface area contributed by atoms with Gasteiger partial charge in [-0.05, 0) is 32.1 Å². The second-order valence-corrected chi connectivity index (χ2v) is 10.4. The fourth-order valence-corrected chi connectivity index (χ4v) is 6.66. The Morgan fingerprint density at radius 2 is 1.83 bits per heavy atom. The van der Waals surface area contributed by atoms with Crippen LogP contribution >= 0.6 is 0 Å². The molecule has 8 atom stereocenters. The Hall–Kier alpha value is -1.28. The van der Waals surface area contributed by atoms with E-state index in [1.54, 1.807) is 13.8 Å². The van der Waals surface area contributed by atoms with Gasteiger partial charge in [-0.25, -0.2) is 0 Å². The van der Waals surface area contributed by atoms with E-state index in [0.717, 1.165) is 0 Å². The van der Waals surface area contributed by atoms with Crippen LogP contribution in [0.25, 0.3) is 0 Å². The smallest absolute Gasteiger partial charge is 0.303 e. The molecule has 3 unspecified atom stereocenters. The number of ether oxygens (including phenoxy) is 2. The molecule has 1 aliphatic heterocycles.